The normalized spacial score (nSPS) is 14.1. The van der Waals surface area contributed by atoms with E-state index in [1.807, 2.05) is 0 Å². The van der Waals surface area contributed by atoms with Gasteiger partial charge in [0.1, 0.15) is 0 Å². The first-order valence-electron chi connectivity index (χ1n) is 5.76. The van der Waals surface area contributed by atoms with Gasteiger partial charge in [0.05, 0.1) is 16.3 Å². The van der Waals surface area contributed by atoms with Crippen molar-refractivity contribution in [1.82, 2.24) is 0 Å². The molecule has 1 aromatic carbocycles. The van der Waals surface area contributed by atoms with Crippen molar-refractivity contribution < 1.29 is 4.92 Å². The molecule has 0 amide bonds. The van der Waals surface area contributed by atoms with Crippen LogP contribution in [0.15, 0.2) is 18.2 Å². The summed E-state index contributed by atoms with van der Waals surface area (Å²) in [6.07, 6.45) is 1.07. The first-order chi connectivity index (χ1) is 7.95. The minimum Gasteiger partial charge on any atom is -0.397 e. The van der Waals surface area contributed by atoms with Crippen LogP contribution in [0.1, 0.15) is 27.2 Å². The molecule has 0 aliphatic carbocycles. The third-order valence-corrected chi connectivity index (χ3v) is 3.13. The quantitative estimate of drug-likeness (QED) is 0.468. The van der Waals surface area contributed by atoms with Crippen LogP contribution in [0.25, 0.3) is 0 Å². The van der Waals surface area contributed by atoms with Gasteiger partial charge in [-0.15, -0.1) is 0 Å². The summed E-state index contributed by atoms with van der Waals surface area (Å²) in [6, 6.07) is 4.78. The van der Waals surface area contributed by atoms with E-state index in [2.05, 4.69) is 26.1 Å². The van der Waals surface area contributed by atoms with E-state index < -0.39 is 4.92 Å². The highest BCUT2D eigenvalue weighted by molar-refractivity contribution is 5.69. The van der Waals surface area contributed by atoms with E-state index in [1.165, 1.54) is 12.1 Å². The zero-order chi connectivity index (χ0) is 13.0. The Bertz CT molecular complexity index is 407. The van der Waals surface area contributed by atoms with Gasteiger partial charge < -0.3 is 11.1 Å². The monoisotopic (exact) mass is 237 g/mol. The summed E-state index contributed by atoms with van der Waals surface area (Å²) < 4.78 is 0. The summed E-state index contributed by atoms with van der Waals surface area (Å²) in [7, 11) is 0. The third kappa shape index (κ3) is 3.34. The maximum atomic E-state index is 10.6. The third-order valence-electron chi connectivity index (χ3n) is 3.13. The number of nitrogens with one attached hydrogen (secondary N) is 1. The molecule has 0 bridgehead atoms. The van der Waals surface area contributed by atoms with Crippen molar-refractivity contribution in [3.8, 4) is 0 Å². The van der Waals surface area contributed by atoms with E-state index in [0.29, 0.717) is 11.6 Å². The molecule has 0 aliphatic rings. The summed E-state index contributed by atoms with van der Waals surface area (Å²) in [5.41, 5.74) is 6.96. The number of rotatable bonds is 5. The van der Waals surface area contributed by atoms with Gasteiger partial charge >= 0.3 is 0 Å². The standard InChI is InChI=1S/C12H19N3O2/c1-4-8(2)9(3)14-12-6-5-10(15(16)17)7-11(12)13/h5-9,14H,4,13H2,1-3H3. The highest BCUT2D eigenvalue weighted by Gasteiger charge is 2.13. The van der Waals surface area contributed by atoms with Gasteiger partial charge in [-0.2, -0.15) is 0 Å². The Labute approximate surface area is 101 Å². The Kier molecular flexibility index (Phi) is 4.31. The number of nitrogens with two attached hydrogens (primary N) is 1. The van der Waals surface area contributed by atoms with E-state index >= 15 is 0 Å². The zero-order valence-electron chi connectivity index (χ0n) is 10.4. The van der Waals surface area contributed by atoms with Gasteiger partial charge in [0, 0.05) is 18.2 Å². The molecule has 0 fully saturated rings. The fourth-order valence-corrected chi connectivity index (χ4v) is 1.54. The second kappa shape index (κ2) is 5.52. The maximum Gasteiger partial charge on any atom is 0.271 e. The van der Waals surface area contributed by atoms with Crippen LogP contribution in [0.2, 0.25) is 0 Å². The van der Waals surface area contributed by atoms with E-state index in [4.69, 9.17) is 5.73 Å². The number of nitrogen functional groups attached to an aromatic ring is 1. The van der Waals surface area contributed by atoms with Crippen LogP contribution in [0, 0.1) is 16.0 Å². The topological polar surface area (TPSA) is 81.2 Å². The lowest BCUT2D eigenvalue weighted by Gasteiger charge is -2.21. The smallest absolute Gasteiger partial charge is 0.271 e. The molecule has 5 heteroatoms. The lowest BCUT2D eigenvalue weighted by atomic mass is 10.0. The van der Waals surface area contributed by atoms with Crippen molar-refractivity contribution in [2.24, 2.45) is 5.92 Å². The molecule has 17 heavy (non-hydrogen) atoms. The molecule has 0 aliphatic heterocycles. The number of anilines is 2. The Morgan fingerprint density at radius 1 is 1.47 bits per heavy atom. The SMILES string of the molecule is CCC(C)C(C)Nc1ccc([N+](=O)[O-])cc1N. The first-order valence-corrected chi connectivity index (χ1v) is 5.76. The van der Waals surface area contributed by atoms with Crippen molar-refractivity contribution in [2.75, 3.05) is 11.1 Å². The molecule has 0 aromatic heterocycles. The fourth-order valence-electron chi connectivity index (χ4n) is 1.54. The largest absolute Gasteiger partial charge is 0.397 e. The molecule has 2 unspecified atom stereocenters. The number of benzene rings is 1. The molecule has 3 N–H and O–H groups in total. The molecule has 1 aromatic rings. The minimum atomic E-state index is -0.446. The number of hydrogen-bond acceptors (Lipinski definition) is 4. The number of nitro groups is 1. The molecular formula is C12H19N3O2. The Morgan fingerprint density at radius 2 is 2.12 bits per heavy atom. The molecule has 5 nitrogen and oxygen atoms in total. The summed E-state index contributed by atoms with van der Waals surface area (Å²) in [4.78, 5) is 10.1. The van der Waals surface area contributed by atoms with Crippen LogP contribution in [-0.2, 0) is 0 Å². The molecule has 2 atom stereocenters. The summed E-state index contributed by atoms with van der Waals surface area (Å²) >= 11 is 0. The summed E-state index contributed by atoms with van der Waals surface area (Å²) in [5.74, 6) is 0.518. The van der Waals surface area contributed by atoms with Crippen LogP contribution in [0.5, 0.6) is 0 Å². The summed E-state index contributed by atoms with van der Waals surface area (Å²) in [6.45, 7) is 6.36. The molecule has 0 heterocycles. The van der Waals surface area contributed by atoms with Gasteiger partial charge in [-0.05, 0) is 18.9 Å². The lowest BCUT2D eigenvalue weighted by Crippen LogP contribution is -2.23. The van der Waals surface area contributed by atoms with Crippen molar-refractivity contribution in [1.29, 1.82) is 0 Å². The minimum absolute atomic E-state index is 0.0178. The Balaban J connectivity index is 2.82. The Morgan fingerprint density at radius 3 is 2.59 bits per heavy atom. The van der Waals surface area contributed by atoms with E-state index in [0.717, 1.165) is 12.1 Å². The van der Waals surface area contributed by atoms with Crippen molar-refractivity contribution >= 4 is 17.1 Å². The van der Waals surface area contributed by atoms with Crippen molar-refractivity contribution in [3.05, 3.63) is 28.3 Å². The van der Waals surface area contributed by atoms with Crippen molar-refractivity contribution in [3.63, 3.8) is 0 Å². The van der Waals surface area contributed by atoms with E-state index in [-0.39, 0.29) is 11.7 Å². The molecule has 0 radical (unpaired) electrons. The lowest BCUT2D eigenvalue weighted by molar-refractivity contribution is -0.384. The van der Waals surface area contributed by atoms with Gasteiger partial charge in [-0.1, -0.05) is 20.3 Å². The van der Waals surface area contributed by atoms with Crippen LogP contribution >= 0.6 is 0 Å². The molecule has 1 rings (SSSR count). The zero-order valence-corrected chi connectivity index (χ0v) is 10.4. The molecule has 0 saturated heterocycles. The van der Waals surface area contributed by atoms with Gasteiger partial charge in [0.15, 0.2) is 0 Å². The fraction of sp³-hybridized carbons (Fsp3) is 0.500. The molecule has 94 valence electrons. The average Bonchev–Trinajstić information content (AvgIpc) is 2.30. The number of hydrogen-bond donors (Lipinski definition) is 2. The van der Waals surface area contributed by atoms with Gasteiger partial charge in [-0.25, -0.2) is 0 Å². The van der Waals surface area contributed by atoms with Gasteiger partial charge in [0.25, 0.3) is 5.69 Å². The predicted octanol–water partition coefficient (Wildman–Crippen LogP) is 3.02. The second-order valence-corrected chi connectivity index (χ2v) is 4.35. The highest BCUT2D eigenvalue weighted by atomic mass is 16.6. The first kappa shape index (κ1) is 13.3. The predicted molar refractivity (Wildman–Crippen MR) is 70.0 cm³/mol. The second-order valence-electron chi connectivity index (χ2n) is 4.35. The van der Waals surface area contributed by atoms with Crippen molar-refractivity contribution in [2.45, 2.75) is 33.2 Å². The molecule has 0 spiro atoms. The highest BCUT2D eigenvalue weighted by Crippen LogP contribution is 2.25. The molecule has 0 saturated carbocycles. The average molecular weight is 237 g/mol. The maximum absolute atomic E-state index is 10.6. The van der Waals surface area contributed by atoms with E-state index in [9.17, 15) is 10.1 Å². The number of nitro benzene ring substituents is 1. The van der Waals surface area contributed by atoms with Gasteiger partial charge in [0.2, 0.25) is 0 Å². The van der Waals surface area contributed by atoms with Crippen LogP contribution in [0.3, 0.4) is 0 Å². The molecular weight excluding hydrogens is 218 g/mol. The van der Waals surface area contributed by atoms with Gasteiger partial charge in [-0.3, -0.25) is 10.1 Å². The van der Waals surface area contributed by atoms with Crippen LogP contribution in [-0.4, -0.2) is 11.0 Å². The Hall–Kier alpha value is -1.78. The summed E-state index contributed by atoms with van der Waals surface area (Å²) in [5, 5.41) is 13.9. The van der Waals surface area contributed by atoms with Crippen LogP contribution < -0.4 is 11.1 Å². The number of non-ortho nitro benzene ring substituents is 1. The van der Waals surface area contributed by atoms with Crippen LogP contribution in [0.4, 0.5) is 17.1 Å². The number of nitrogens with zero attached hydrogens (tertiary/aromatic N) is 1. The van der Waals surface area contributed by atoms with E-state index in [1.54, 1.807) is 6.07 Å².